The Kier molecular flexibility index (Phi) is 5.85. The van der Waals surface area contributed by atoms with Crippen molar-refractivity contribution in [3.8, 4) is 0 Å². The molecule has 0 bridgehead atoms. The number of aryl methyl sites for hydroxylation is 1. The maximum atomic E-state index is 12.3. The van der Waals surface area contributed by atoms with Crippen LogP contribution in [0.3, 0.4) is 0 Å². The van der Waals surface area contributed by atoms with Crippen LogP contribution in [-0.4, -0.2) is 48.8 Å². The molecule has 1 fully saturated rings. The monoisotopic (exact) mass is 322 g/mol. The molecule has 0 radical (unpaired) electrons. The molecule has 0 spiro atoms. The van der Waals surface area contributed by atoms with Crippen molar-refractivity contribution >= 4 is 23.6 Å². The largest absolute Gasteiger partial charge is 0.383 e. The minimum absolute atomic E-state index is 0.0810. The molecule has 2 atom stereocenters. The van der Waals surface area contributed by atoms with Gasteiger partial charge in [-0.1, -0.05) is 29.8 Å². The first-order chi connectivity index (χ1) is 10.5. The summed E-state index contributed by atoms with van der Waals surface area (Å²) in [6, 6.07) is 7.67. The number of rotatable bonds is 5. The van der Waals surface area contributed by atoms with Gasteiger partial charge in [-0.2, -0.15) is 0 Å². The summed E-state index contributed by atoms with van der Waals surface area (Å²) in [6.45, 7) is 4.47. The van der Waals surface area contributed by atoms with Gasteiger partial charge in [0, 0.05) is 26.3 Å². The maximum absolute atomic E-state index is 12.3. The molecular weight excluding hydrogens is 300 g/mol. The number of carbonyl (C=O) groups is 2. The van der Waals surface area contributed by atoms with E-state index in [1.807, 2.05) is 31.2 Å². The molecule has 5 nitrogen and oxygen atoms in total. The summed E-state index contributed by atoms with van der Waals surface area (Å²) < 4.78 is 4.93. The van der Waals surface area contributed by atoms with Crippen LogP contribution in [0.5, 0.6) is 0 Å². The van der Waals surface area contributed by atoms with E-state index in [2.05, 4.69) is 5.32 Å². The minimum Gasteiger partial charge on any atom is -0.383 e. The summed E-state index contributed by atoms with van der Waals surface area (Å²) >= 11 is 1.63. The Bertz CT molecular complexity index is 533. The summed E-state index contributed by atoms with van der Waals surface area (Å²) in [7, 11) is 1.59. The lowest BCUT2D eigenvalue weighted by Crippen LogP contribution is -2.47. The second-order valence-corrected chi connectivity index (χ2v) is 6.44. The molecule has 0 unspecified atom stereocenters. The Morgan fingerprint density at radius 1 is 1.36 bits per heavy atom. The van der Waals surface area contributed by atoms with Crippen LogP contribution in [0, 0.1) is 6.92 Å². The summed E-state index contributed by atoms with van der Waals surface area (Å²) in [5.74, 6) is 0.411. The third-order valence-electron chi connectivity index (χ3n) is 3.63. The van der Waals surface area contributed by atoms with E-state index in [1.54, 1.807) is 23.8 Å². The molecule has 1 aromatic rings. The molecule has 1 saturated heterocycles. The lowest BCUT2D eigenvalue weighted by molar-refractivity contribution is -0.138. The zero-order chi connectivity index (χ0) is 16.1. The lowest BCUT2D eigenvalue weighted by atomic mass is 10.1. The number of carbonyl (C=O) groups excluding carboxylic acids is 2. The van der Waals surface area contributed by atoms with Gasteiger partial charge in [-0.05, 0) is 12.5 Å². The number of hydrogen-bond acceptors (Lipinski definition) is 4. The third kappa shape index (κ3) is 3.81. The second kappa shape index (κ2) is 7.65. The fraction of sp³-hybridized carbons (Fsp3) is 0.500. The zero-order valence-corrected chi connectivity index (χ0v) is 14.0. The van der Waals surface area contributed by atoms with Crippen LogP contribution in [-0.2, 0) is 14.3 Å². The van der Waals surface area contributed by atoms with Gasteiger partial charge in [0.15, 0.2) is 0 Å². The Labute approximate surface area is 135 Å². The first-order valence-electron chi connectivity index (χ1n) is 7.28. The summed E-state index contributed by atoms with van der Waals surface area (Å²) in [5, 5.41) is 2.72. The van der Waals surface area contributed by atoms with Crippen LogP contribution in [0.15, 0.2) is 24.3 Å². The molecule has 1 aliphatic rings. The van der Waals surface area contributed by atoms with Crippen molar-refractivity contribution in [2.24, 2.45) is 0 Å². The van der Waals surface area contributed by atoms with E-state index in [0.29, 0.717) is 18.9 Å². The van der Waals surface area contributed by atoms with Crippen molar-refractivity contribution in [2.75, 3.05) is 26.0 Å². The first kappa shape index (κ1) is 16.8. The molecule has 120 valence electrons. The molecule has 1 aliphatic heterocycles. The Morgan fingerprint density at radius 2 is 2.05 bits per heavy atom. The van der Waals surface area contributed by atoms with Crippen molar-refractivity contribution in [3.63, 3.8) is 0 Å². The topological polar surface area (TPSA) is 58.6 Å². The van der Waals surface area contributed by atoms with E-state index >= 15 is 0 Å². The number of ether oxygens (including phenoxy) is 1. The van der Waals surface area contributed by atoms with Gasteiger partial charge >= 0.3 is 0 Å². The van der Waals surface area contributed by atoms with Crippen molar-refractivity contribution in [2.45, 2.75) is 25.3 Å². The second-order valence-electron chi connectivity index (χ2n) is 5.32. The average molecular weight is 322 g/mol. The van der Waals surface area contributed by atoms with E-state index in [-0.39, 0.29) is 17.2 Å². The van der Waals surface area contributed by atoms with E-state index in [4.69, 9.17) is 4.74 Å². The smallest absolute Gasteiger partial charge is 0.243 e. The molecule has 0 aliphatic carbocycles. The lowest BCUT2D eigenvalue weighted by Gasteiger charge is -2.28. The summed E-state index contributed by atoms with van der Waals surface area (Å²) in [5.41, 5.74) is 2.23. The molecule has 22 heavy (non-hydrogen) atoms. The van der Waals surface area contributed by atoms with Crippen LogP contribution in [0.25, 0.3) is 0 Å². The van der Waals surface area contributed by atoms with Crippen LogP contribution in [0.4, 0.5) is 0 Å². The number of thioether (sulfide) groups is 1. The van der Waals surface area contributed by atoms with Gasteiger partial charge in [0.25, 0.3) is 0 Å². The predicted molar refractivity (Wildman–Crippen MR) is 87.6 cm³/mol. The Balaban J connectivity index is 2.12. The van der Waals surface area contributed by atoms with Gasteiger partial charge < -0.3 is 15.0 Å². The molecule has 1 heterocycles. The highest BCUT2D eigenvalue weighted by molar-refractivity contribution is 7.99. The van der Waals surface area contributed by atoms with Crippen molar-refractivity contribution in [1.29, 1.82) is 0 Å². The molecule has 0 saturated carbocycles. The van der Waals surface area contributed by atoms with E-state index in [9.17, 15) is 9.59 Å². The predicted octanol–water partition coefficient (Wildman–Crippen LogP) is 1.72. The minimum atomic E-state index is -0.425. The number of nitrogens with zero attached hydrogens (tertiary/aromatic N) is 1. The molecule has 0 aromatic heterocycles. The number of hydrogen-bond donors (Lipinski definition) is 1. The van der Waals surface area contributed by atoms with Gasteiger partial charge in [0.2, 0.25) is 11.8 Å². The normalized spacial score (nSPS) is 21.0. The van der Waals surface area contributed by atoms with E-state index in [0.717, 1.165) is 5.56 Å². The van der Waals surface area contributed by atoms with Gasteiger partial charge in [-0.25, -0.2) is 0 Å². The molecule has 2 rings (SSSR count). The number of amides is 2. The number of benzene rings is 1. The standard InChI is InChI=1S/C16H22N2O3S/c1-11-4-6-13(7-5-11)16-18(12(2)19)14(10-22-16)15(20)17-8-9-21-3/h4-7,14,16H,8-10H2,1-3H3,(H,17,20)/t14-,16-/m1/s1. The quantitative estimate of drug-likeness (QED) is 0.839. The fourth-order valence-electron chi connectivity index (χ4n) is 2.47. The highest BCUT2D eigenvalue weighted by Crippen LogP contribution is 2.41. The third-order valence-corrected chi connectivity index (χ3v) is 4.96. The van der Waals surface area contributed by atoms with Gasteiger partial charge in [0.1, 0.15) is 11.4 Å². The highest BCUT2D eigenvalue weighted by Gasteiger charge is 2.40. The maximum Gasteiger partial charge on any atom is 0.243 e. The fourth-order valence-corrected chi connectivity index (χ4v) is 3.96. The van der Waals surface area contributed by atoms with Crippen molar-refractivity contribution in [1.82, 2.24) is 10.2 Å². The number of nitrogens with one attached hydrogen (secondary N) is 1. The summed E-state index contributed by atoms with van der Waals surface area (Å²) in [4.78, 5) is 26.0. The highest BCUT2D eigenvalue weighted by atomic mass is 32.2. The van der Waals surface area contributed by atoms with Crippen molar-refractivity contribution < 1.29 is 14.3 Å². The van der Waals surface area contributed by atoms with Crippen LogP contribution >= 0.6 is 11.8 Å². The van der Waals surface area contributed by atoms with Crippen LogP contribution < -0.4 is 5.32 Å². The Morgan fingerprint density at radius 3 is 2.64 bits per heavy atom. The molecule has 1 N–H and O–H groups in total. The molecular formula is C16H22N2O3S. The van der Waals surface area contributed by atoms with Crippen molar-refractivity contribution in [3.05, 3.63) is 35.4 Å². The molecule has 6 heteroatoms. The van der Waals surface area contributed by atoms with Gasteiger partial charge in [-0.3, -0.25) is 9.59 Å². The molecule has 1 aromatic carbocycles. The van der Waals surface area contributed by atoms with Crippen LogP contribution in [0.1, 0.15) is 23.4 Å². The SMILES string of the molecule is COCCNC(=O)[C@H]1CS[C@H](c2ccc(C)cc2)N1C(C)=O. The number of methoxy groups -OCH3 is 1. The average Bonchev–Trinajstić information content (AvgIpc) is 2.93. The Hall–Kier alpha value is -1.53. The first-order valence-corrected chi connectivity index (χ1v) is 8.33. The van der Waals surface area contributed by atoms with E-state index < -0.39 is 6.04 Å². The van der Waals surface area contributed by atoms with Crippen LogP contribution in [0.2, 0.25) is 0 Å². The molecule has 2 amide bonds. The zero-order valence-electron chi connectivity index (χ0n) is 13.2. The van der Waals surface area contributed by atoms with Gasteiger partial charge in [-0.15, -0.1) is 11.8 Å². The van der Waals surface area contributed by atoms with Gasteiger partial charge in [0.05, 0.1) is 6.61 Å². The summed E-state index contributed by atoms with van der Waals surface area (Å²) in [6.07, 6.45) is 0. The van der Waals surface area contributed by atoms with E-state index in [1.165, 1.54) is 12.5 Å².